The van der Waals surface area contributed by atoms with Crippen molar-refractivity contribution in [3.8, 4) is 11.1 Å². The lowest BCUT2D eigenvalue weighted by atomic mass is 9.95. The smallest absolute Gasteiger partial charge is 0.416 e. The molecule has 1 aliphatic rings. The molecule has 0 atom stereocenters. The number of aromatic nitrogens is 1. The van der Waals surface area contributed by atoms with E-state index >= 15 is 0 Å². The summed E-state index contributed by atoms with van der Waals surface area (Å²) in [5.41, 5.74) is -1.10. The van der Waals surface area contributed by atoms with Crippen molar-refractivity contribution in [2.45, 2.75) is 38.7 Å². The standard InChI is InChI=1S/C29H27F6N3O3/c1-17-5-3-4-6-22(17)23-14-25(38-9-7-19(8-10-38)27(40)41)36-15-24(23)26(39)37(2)16-18-11-20(28(30,31)32)13-21(12-18)29(33,34)35/h3-6,11-15,19H,7-10,16H2,1-2H3,(H,40,41). The molecule has 0 spiro atoms. The lowest BCUT2D eigenvalue weighted by Crippen LogP contribution is -2.37. The van der Waals surface area contributed by atoms with Crippen LogP contribution in [-0.4, -0.2) is 47.0 Å². The van der Waals surface area contributed by atoms with Crippen LogP contribution in [0.25, 0.3) is 11.1 Å². The SMILES string of the molecule is Cc1ccccc1-c1cc(N2CCC(C(=O)O)CC2)ncc1C(=O)N(C)Cc1cc(C(F)(F)F)cc(C(F)(F)F)c1. The zero-order valence-electron chi connectivity index (χ0n) is 22.2. The number of hydrogen-bond donors (Lipinski definition) is 1. The second kappa shape index (κ2) is 11.4. The van der Waals surface area contributed by atoms with Gasteiger partial charge in [0, 0.05) is 32.9 Å². The molecule has 41 heavy (non-hydrogen) atoms. The number of pyridine rings is 1. The van der Waals surface area contributed by atoms with Gasteiger partial charge in [-0.15, -0.1) is 0 Å². The van der Waals surface area contributed by atoms with Crippen molar-refractivity contribution in [2.75, 3.05) is 25.0 Å². The fraction of sp³-hybridized carbons (Fsp3) is 0.345. The number of hydrogen-bond acceptors (Lipinski definition) is 4. The zero-order valence-corrected chi connectivity index (χ0v) is 22.2. The van der Waals surface area contributed by atoms with Crippen LogP contribution in [0.2, 0.25) is 0 Å². The maximum Gasteiger partial charge on any atom is 0.416 e. The summed E-state index contributed by atoms with van der Waals surface area (Å²) in [6.45, 7) is 2.22. The van der Waals surface area contributed by atoms with Crippen LogP contribution in [0.1, 0.15) is 45.5 Å². The number of carbonyl (C=O) groups excluding carboxylic acids is 1. The van der Waals surface area contributed by atoms with E-state index in [2.05, 4.69) is 4.98 Å². The molecule has 6 nitrogen and oxygen atoms in total. The van der Waals surface area contributed by atoms with Crippen LogP contribution >= 0.6 is 0 Å². The number of halogens is 6. The molecule has 1 amide bonds. The fourth-order valence-electron chi connectivity index (χ4n) is 4.90. The van der Waals surface area contributed by atoms with Gasteiger partial charge in [-0.2, -0.15) is 26.3 Å². The van der Waals surface area contributed by atoms with Crippen molar-refractivity contribution in [3.63, 3.8) is 0 Å². The molecule has 0 aliphatic carbocycles. The Balaban J connectivity index is 1.68. The number of nitrogens with zero attached hydrogens (tertiary/aromatic N) is 3. The number of carboxylic acids is 1. The molecule has 4 rings (SSSR count). The molecule has 0 bridgehead atoms. The molecular formula is C29H27F6N3O3. The van der Waals surface area contributed by atoms with Crippen LogP contribution in [0, 0.1) is 12.8 Å². The molecule has 3 aromatic rings. The van der Waals surface area contributed by atoms with Crippen molar-refractivity contribution in [1.82, 2.24) is 9.88 Å². The van der Waals surface area contributed by atoms with Crippen LogP contribution in [0.3, 0.4) is 0 Å². The molecule has 1 fully saturated rings. The van der Waals surface area contributed by atoms with Gasteiger partial charge in [-0.1, -0.05) is 24.3 Å². The minimum absolute atomic E-state index is 0.0452. The highest BCUT2D eigenvalue weighted by molar-refractivity contribution is 6.01. The van der Waals surface area contributed by atoms with Crippen LogP contribution < -0.4 is 4.90 Å². The van der Waals surface area contributed by atoms with Crippen LogP contribution in [0.15, 0.2) is 54.7 Å². The maximum atomic E-state index is 13.6. The van der Waals surface area contributed by atoms with Gasteiger partial charge in [-0.05, 0) is 66.3 Å². The lowest BCUT2D eigenvalue weighted by Gasteiger charge is -2.31. The molecule has 218 valence electrons. The van der Waals surface area contributed by atoms with Crippen LogP contribution in [0.4, 0.5) is 32.2 Å². The molecule has 1 saturated heterocycles. The minimum Gasteiger partial charge on any atom is -0.481 e. The van der Waals surface area contributed by atoms with Crippen molar-refractivity contribution in [2.24, 2.45) is 5.92 Å². The molecule has 1 aromatic heterocycles. The van der Waals surface area contributed by atoms with Gasteiger partial charge >= 0.3 is 18.3 Å². The Morgan fingerprint density at radius 1 is 0.951 bits per heavy atom. The summed E-state index contributed by atoms with van der Waals surface area (Å²) in [7, 11) is 1.29. The maximum absolute atomic E-state index is 13.6. The Labute approximate surface area is 232 Å². The van der Waals surface area contributed by atoms with E-state index in [0.717, 1.165) is 10.5 Å². The Hall–Kier alpha value is -4.09. The highest BCUT2D eigenvalue weighted by atomic mass is 19.4. The van der Waals surface area contributed by atoms with Gasteiger partial charge in [0.05, 0.1) is 22.6 Å². The van der Waals surface area contributed by atoms with E-state index in [1.165, 1.54) is 13.2 Å². The summed E-state index contributed by atoms with van der Waals surface area (Å²) in [6, 6.07) is 10.2. The number of carboxylic acid groups (broad SMARTS) is 1. The number of aryl methyl sites for hydroxylation is 1. The Bertz CT molecular complexity index is 1410. The molecule has 0 saturated carbocycles. The molecule has 2 heterocycles. The van der Waals surface area contributed by atoms with E-state index in [0.29, 0.717) is 55.0 Å². The second-order valence-corrected chi connectivity index (χ2v) is 10.1. The molecule has 12 heteroatoms. The summed E-state index contributed by atoms with van der Waals surface area (Å²) in [4.78, 5) is 32.3. The van der Waals surface area contributed by atoms with E-state index in [1.54, 1.807) is 18.2 Å². The topological polar surface area (TPSA) is 73.7 Å². The van der Waals surface area contributed by atoms with Gasteiger partial charge in [0.1, 0.15) is 5.82 Å². The van der Waals surface area contributed by atoms with E-state index in [4.69, 9.17) is 0 Å². The quantitative estimate of drug-likeness (QED) is 0.331. The van der Waals surface area contributed by atoms with E-state index in [-0.39, 0.29) is 17.2 Å². The number of anilines is 1. The van der Waals surface area contributed by atoms with Gasteiger partial charge in [0.15, 0.2) is 0 Å². The van der Waals surface area contributed by atoms with Gasteiger partial charge in [-0.3, -0.25) is 9.59 Å². The predicted octanol–water partition coefficient (Wildman–Crippen LogP) is 6.67. The third-order valence-corrected chi connectivity index (χ3v) is 7.14. The number of aliphatic carboxylic acids is 1. The van der Waals surface area contributed by atoms with Gasteiger partial charge in [0.25, 0.3) is 5.91 Å². The molecule has 1 N–H and O–H groups in total. The summed E-state index contributed by atoms with van der Waals surface area (Å²) in [5.74, 6) is -1.42. The number of amides is 1. The third kappa shape index (κ3) is 6.80. The van der Waals surface area contributed by atoms with E-state index in [1.807, 2.05) is 24.0 Å². The normalized spacial score (nSPS) is 14.7. The Morgan fingerprint density at radius 3 is 2.07 bits per heavy atom. The first-order valence-corrected chi connectivity index (χ1v) is 12.7. The summed E-state index contributed by atoms with van der Waals surface area (Å²) >= 11 is 0. The van der Waals surface area contributed by atoms with E-state index < -0.39 is 47.8 Å². The first-order valence-electron chi connectivity index (χ1n) is 12.7. The van der Waals surface area contributed by atoms with Crippen LogP contribution in [-0.2, 0) is 23.7 Å². The summed E-state index contributed by atoms with van der Waals surface area (Å²) < 4.78 is 80.0. The molecule has 1 aliphatic heterocycles. The van der Waals surface area contributed by atoms with Crippen molar-refractivity contribution < 1.29 is 41.0 Å². The highest BCUT2D eigenvalue weighted by Gasteiger charge is 2.37. The molecule has 2 aromatic carbocycles. The average Bonchev–Trinajstić information content (AvgIpc) is 2.91. The van der Waals surface area contributed by atoms with Crippen molar-refractivity contribution in [3.05, 3.63) is 82.5 Å². The highest BCUT2D eigenvalue weighted by Crippen LogP contribution is 2.37. The fourth-order valence-corrected chi connectivity index (χ4v) is 4.90. The molecule has 0 radical (unpaired) electrons. The van der Waals surface area contributed by atoms with Crippen molar-refractivity contribution >= 4 is 17.7 Å². The average molecular weight is 580 g/mol. The Kier molecular flexibility index (Phi) is 8.32. The van der Waals surface area contributed by atoms with E-state index in [9.17, 15) is 41.0 Å². The van der Waals surface area contributed by atoms with Crippen LogP contribution in [0.5, 0.6) is 0 Å². The molecular weight excluding hydrogens is 552 g/mol. The van der Waals surface area contributed by atoms with Crippen molar-refractivity contribution in [1.29, 1.82) is 0 Å². The summed E-state index contributed by atoms with van der Waals surface area (Å²) in [6.07, 6.45) is -7.81. The van der Waals surface area contributed by atoms with Gasteiger partial charge in [0.2, 0.25) is 0 Å². The largest absolute Gasteiger partial charge is 0.481 e. The first-order chi connectivity index (χ1) is 19.1. The lowest BCUT2D eigenvalue weighted by molar-refractivity contribution is -0.144. The second-order valence-electron chi connectivity index (χ2n) is 10.1. The monoisotopic (exact) mass is 579 g/mol. The predicted molar refractivity (Wildman–Crippen MR) is 139 cm³/mol. The number of piperidine rings is 1. The Morgan fingerprint density at radius 2 is 1.54 bits per heavy atom. The van der Waals surface area contributed by atoms with Gasteiger partial charge < -0.3 is 14.9 Å². The first kappa shape index (κ1) is 29.9. The third-order valence-electron chi connectivity index (χ3n) is 7.14. The number of benzene rings is 2. The summed E-state index contributed by atoms with van der Waals surface area (Å²) in [5, 5.41) is 9.30. The molecule has 0 unspecified atom stereocenters. The minimum atomic E-state index is -5.00. The number of carbonyl (C=O) groups is 2. The number of alkyl halides is 6. The number of rotatable bonds is 6. The zero-order chi connectivity index (χ0) is 30.1. The van der Waals surface area contributed by atoms with Gasteiger partial charge in [-0.25, -0.2) is 4.98 Å².